The highest BCUT2D eigenvalue weighted by Crippen LogP contribution is 2.28. The molecule has 2 rings (SSSR count). The summed E-state index contributed by atoms with van der Waals surface area (Å²) in [4.78, 5) is 11.6. The molecule has 0 bridgehead atoms. The van der Waals surface area contributed by atoms with E-state index in [1.165, 1.54) is 109 Å². The van der Waals surface area contributed by atoms with Crippen LogP contribution in [0.3, 0.4) is 0 Å². The quantitative estimate of drug-likeness (QED) is 0.0809. The summed E-state index contributed by atoms with van der Waals surface area (Å²) in [5.41, 5.74) is 0.870. The van der Waals surface area contributed by atoms with Crippen LogP contribution in [0.15, 0.2) is 11.6 Å². The van der Waals surface area contributed by atoms with Crippen molar-refractivity contribution in [3.8, 4) is 0 Å². The van der Waals surface area contributed by atoms with Crippen LogP contribution in [-0.4, -0.2) is 46.7 Å². The Bertz CT molecular complexity index is 662. The molecular weight excluding hydrogens is 500 g/mol. The maximum Gasteiger partial charge on any atom is 0.334 e. The van der Waals surface area contributed by atoms with Gasteiger partial charge in [0.05, 0.1) is 24.4 Å². The van der Waals surface area contributed by atoms with E-state index in [-0.39, 0.29) is 36.5 Å². The fourth-order valence-corrected chi connectivity index (χ4v) is 6.37. The third-order valence-corrected chi connectivity index (χ3v) is 8.98. The Hall–Kier alpha value is -0.910. The normalized spacial score (nSPS) is 22.4. The number of ether oxygens (including phenoxy) is 2. The van der Waals surface area contributed by atoms with Crippen molar-refractivity contribution < 1.29 is 24.5 Å². The first-order chi connectivity index (χ1) is 19.5. The zero-order valence-electron chi connectivity index (χ0n) is 26.3. The van der Waals surface area contributed by atoms with E-state index in [1.54, 1.807) is 0 Å². The highest BCUT2D eigenvalue weighted by molar-refractivity contribution is 5.90. The molecule has 1 fully saturated rings. The van der Waals surface area contributed by atoms with Crippen LogP contribution in [0.4, 0.5) is 0 Å². The molecule has 5 heteroatoms. The van der Waals surface area contributed by atoms with Gasteiger partial charge in [0.2, 0.25) is 0 Å². The van der Waals surface area contributed by atoms with Crippen LogP contribution in [0.25, 0.3) is 0 Å². The van der Waals surface area contributed by atoms with Crippen molar-refractivity contribution in [2.75, 3.05) is 0 Å². The molecule has 2 aliphatic rings. The molecule has 40 heavy (non-hydrogen) atoms. The van der Waals surface area contributed by atoms with Gasteiger partial charge in [-0.3, -0.25) is 0 Å². The summed E-state index contributed by atoms with van der Waals surface area (Å²) >= 11 is 0. The molecule has 5 nitrogen and oxygen atoms in total. The summed E-state index contributed by atoms with van der Waals surface area (Å²) in [6, 6.07) is 0. The Morgan fingerprint density at radius 1 is 0.675 bits per heavy atom. The van der Waals surface area contributed by atoms with Gasteiger partial charge in [-0.1, -0.05) is 129 Å². The van der Waals surface area contributed by atoms with Crippen molar-refractivity contribution in [3.63, 3.8) is 0 Å². The van der Waals surface area contributed by atoms with E-state index >= 15 is 0 Å². The number of carbonyl (C=O) groups is 1. The molecule has 0 aliphatic carbocycles. The van der Waals surface area contributed by atoms with Gasteiger partial charge in [0.15, 0.2) is 0 Å². The van der Waals surface area contributed by atoms with E-state index in [0.717, 1.165) is 56.9 Å². The summed E-state index contributed by atoms with van der Waals surface area (Å²) < 4.78 is 11.2. The molecule has 2 heterocycles. The van der Waals surface area contributed by atoms with Gasteiger partial charge >= 0.3 is 5.97 Å². The van der Waals surface area contributed by atoms with Gasteiger partial charge in [0, 0.05) is 5.57 Å². The van der Waals surface area contributed by atoms with Gasteiger partial charge in [0.1, 0.15) is 6.10 Å². The van der Waals surface area contributed by atoms with Crippen LogP contribution in [0.2, 0.25) is 0 Å². The molecule has 0 amide bonds. The SMILES string of the molecule is CCCCCCCCCCCC[C@H](O)[C@H]1CC[C@@H]([C@H](O)CCCCCCCCCCCCC2=C[C@H](C)OC2=O)O1. The first-order valence-electron chi connectivity index (χ1n) is 17.4. The second kappa shape index (κ2) is 22.7. The smallest absolute Gasteiger partial charge is 0.334 e. The molecule has 1 saturated heterocycles. The minimum atomic E-state index is -0.389. The van der Waals surface area contributed by atoms with Gasteiger partial charge in [0.25, 0.3) is 0 Å². The van der Waals surface area contributed by atoms with E-state index in [4.69, 9.17) is 9.47 Å². The zero-order chi connectivity index (χ0) is 28.8. The van der Waals surface area contributed by atoms with Gasteiger partial charge in [-0.15, -0.1) is 0 Å². The minimum Gasteiger partial charge on any atom is -0.455 e. The second-order valence-corrected chi connectivity index (χ2v) is 12.8. The molecule has 5 atom stereocenters. The largest absolute Gasteiger partial charge is 0.455 e. The molecule has 0 aromatic rings. The number of esters is 1. The summed E-state index contributed by atoms with van der Waals surface area (Å²) in [5.74, 6) is -0.117. The average Bonchev–Trinajstić information content (AvgIpc) is 3.56. The number of unbranched alkanes of at least 4 members (excludes halogenated alkanes) is 18. The van der Waals surface area contributed by atoms with Crippen molar-refractivity contribution >= 4 is 5.97 Å². The number of carbonyl (C=O) groups excluding carboxylic acids is 1. The van der Waals surface area contributed by atoms with Crippen LogP contribution in [0, 0.1) is 0 Å². The lowest BCUT2D eigenvalue weighted by Gasteiger charge is -2.22. The topological polar surface area (TPSA) is 76.0 Å². The first kappa shape index (κ1) is 35.3. The second-order valence-electron chi connectivity index (χ2n) is 12.8. The summed E-state index contributed by atoms with van der Waals surface area (Å²) in [5, 5.41) is 21.2. The van der Waals surface area contributed by atoms with Gasteiger partial charge in [-0.05, 0) is 51.5 Å². The summed E-state index contributed by atoms with van der Waals surface area (Å²) in [6.45, 7) is 4.18. The Labute approximate surface area is 246 Å². The Morgan fingerprint density at radius 2 is 1.07 bits per heavy atom. The lowest BCUT2D eigenvalue weighted by Crippen LogP contribution is -2.31. The molecule has 0 saturated carbocycles. The minimum absolute atomic E-state index is 0.0443. The third-order valence-electron chi connectivity index (χ3n) is 8.98. The maximum atomic E-state index is 11.6. The molecule has 0 spiro atoms. The van der Waals surface area contributed by atoms with Crippen LogP contribution < -0.4 is 0 Å². The Morgan fingerprint density at radius 3 is 1.48 bits per heavy atom. The summed E-state index contributed by atoms with van der Waals surface area (Å²) in [6.07, 6.45) is 30.5. The fraction of sp³-hybridized carbons (Fsp3) is 0.914. The van der Waals surface area contributed by atoms with Crippen LogP contribution in [0.1, 0.15) is 174 Å². The maximum absolute atomic E-state index is 11.6. The Balaban J connectivity index is 1.35. The van der Waals surface area contributed by atoms with Crippen LogP contribution in [0.5, 0.6) is 0 Å². The number of aliphatic hydroxyl groups is 2. The van der Waals surface area contributed by atoms with Crippen LogP contribution >= 0.6 is 0 Å². The number of hydrogen-bond acceptors (Lipinski definition) is 5. The predicted octanol–water partition coefficient (Wildman–Crippen LogP) is 9.12. The van der Waals surface area contributed by atoms with Gasteiger partial charge in [-0.25, -0.2) is 4.79 Å². The van der Waals surface area contributed by atoms with E-state index in [2.05, 4.69) is 6.92 Å². The molecule has 0 radical (unpaired) electrons. The van der Waals surface area contributed by atoms with Gasteiger partial charge < -0.3 is 19.7 Å². The van der Waals surface area contributed by atoms with Crippen molar-refractivity contribution in [2.45, 2.75) is 205 Å². The molecule has 2 aliphatic heterocycles. The monoisotopic (exact) mass is 564 g/mol. The number of rotatable bonds is 26. The van der Waals surface area contributed by atoms with Gasteiger partial charge in [-0.2, -0.15) is 0 Å². The lowest BCUT2D eigenvalue weighted by molar-refractivity contribution is -0.139. The molecule has 2 N–H and O–H groups in total. The van der Waals surface area contributed by atoms with Crippen molar-refractivity contribution in [2.24, 2.45) is 0 Å². The zero-order valence-corrected chi connectivity index (χ0v) is 26.3. The predicted molar refractivity (Wildman–Crippen MR) is 165 cm³/mol. The Kier molecular flexibility index (Phi) is 20.0. The molecule has 0 aromatic carbocycles. The highest BCUT2D eigenvalue weighted by Gasteiger charge is 2.34. The van der Waals surface area contributed by atoms with E-state index in [0.29, 0.717) is 0 Å². The molecule has 0 aromatic heterocycles. The molecular formula is C35H64O5. The molecule has 0 unspecified atom stereocenters. The van der Waals surface area contributed by atoms with Crippen molar-refractivity contribution in [1.82, 2.24) is 0 Å². The average molecular weight is 565 g/mol. The van der Waals surface area contributed by atoms with Crippen molar-refractivity contribution in [1.29, 1.82) is 0 Å². The number of aliphatic hydroxyl groups excluding tert-OH is 2. The highest BCUT2D eigenvalue weighted by atomic mass is 16.5. The van der Waals surface area contributed by atoms with Crippen molar-refractivity contribution in [3.05, 3.63) is 11.6 Å². The van der Waals surface area contributed by atoms with Crippen LogP contribution in [-0.2, 0) is 14.3 Å². The molecule has 234 valence electrons. The fourth-order valence-electron chi connectivity index (χ4n) is 6.37. The third kappa shape index (κ3) is 15.9. The standard InChI is InChI=1S/C35H64O5/c1-3-4-5-6-7-8-12-15-18-21-24-31(36)33-26-27-34(40-33)32(37)25-22-19-16-13-10-9-11-14-17-20-23-30-28-29(2)39-35(30)38/h28-29,31-34,36-37H,3-27H2,1-2H3/t29-,31-,32+,33+,34-/m0/s1. The summed E-state index contributed by atoms with van der Waals surface area (Å²) in [7, 11) is 0. The van der Waals surface area contributed by atoms with E-state index in [1.807, 2.05) is 13.0 Å². The number of hydrogen-bond donors (Lipinski definition) is 2. The van der Waals surface area contributed by atoms with E-state index < -0.39 is 0 Å². The lowest BCUT2D eigenvalue weighted by atomic mass is 10.00. The van der Waals surface area contributed by atoms with E-state index in [9.17, 15) is 15.0 Å². The first-order valence-corrected chi connectivity index (χ1v) is 17.4. The number of cyclic esters (lactones) is 1.